The lowest BCUT2D eigenvalue weighted by Gasteiger charge is -2.40. The van der Waals surface area contributed by atoms with Gasteiger partial charge in [0.2, 0.25) is 5.91 Å². The summed E-state index contributed by atoms with van der Waals surface area (Å²) in [6, 6.07) is 22.0. The monoisotopic (exact) mass is 659 g/mol. The minimum Gasteiger partial charge on any atom is -0.378 e. The Kier molecular flexibility index (Phi) is 10.6. The van der Waals surface area contributed by atoms with E-state index in [4.69, 9.17) is 0 Å². The first-order chi connectivity index (χ1) is 23.3. The van der Waals surface area contributed by atoms with E-state index in [1.807, 2.05) is 68.4 Å². The largest absolute Gasteiger partial charge is 0.378 e. The summed E-state index contributed by atoms with van der Waals surface area (Å²) in [6.07, 6.45) is 3.42. The van der Waals surface area contributed by atoms with Crippen LogP contribution in [-0.2, 0) is 23.1 Å². The highest BCUT2D eigenvalue weighted by atomic mass is 16.2. The number of anilines is 1. The van der Waals surface area contributed by atoms with Crippen molar-refractivity contribution < 1.29 is 9.59 Å². The van der Waals surface area contributed by atoms with Gasteiger partial charge < -0.3 is 25.3 Å². The number of nitrogens with one attached hydrogen (secondary N) is 3. The fourth-order valence-electron chi connectivity index (χ4n) is 7.25. The minimum atomic E-state index is -0.956. The molecule has 0 spiro atoms. The van der Waals surface area contributed by atoms with Crippen LogP contribution in [0.5, 0.6) is 0 Å². The van der Waals surface area contributed by atoms with Gasteiger partial charge in [-0.15, -0.1) is 0 Å². The molecular formula is C40H49N7O2. The molecule has 1 heterocycles. The number of amides is 2. The molecule has 3 atom stereocenters. The molecule has 0 aromatic heterocycles. The Balaban J connectivity index is 1.64. The van der Waals surface area contributed by atoms with E-state index in [-0.39, 0.29) is 30.4 Å². The molecule has 3 N–H and O–H groups in total. The molecule has 9 nitrogen and oxygen atoms in total. The molecule has 1 aliphatic heterocycles. The van der Waals surface area contributed by atoms with Crippen LogP contribution < -0.4 is 10.6 Å². The van der Waals surface area contributed by atoms with Gasteiger partial charge in [-0.3, -0.25) is 15.0 Å². The second-order valence-corrected chi connectivity index (χ2v) is 13.9. The molecule has 5 rings (SSSR count). The number of carbonyl (C=O) groups is 2. The molecule has 2 unspecified atom stereocenters. The molecule has 2 amide bonds. The molecule has 3 aromatic carbocycles. The number of hydrogen-bond acceptors (Lipinski definition) is 6. The standard InChI is InChI=1S/C40H49N7O2/c1-26-10-16-33(17-11-26)44-39(42)40(23-27(2)43-25-37(48)47-20-8-9-34(47)24-41)35-18-14-29(28(3)45(4)5)21-30(35)12-13-31-22-32(15-19-36(31)40)38(49)46(6)7/h10-11,14-19,21-22,27,34,43H,3,8-9,12-13,20,23,25H2,1-2,4-7H3,(H2,42,44)/t27-,34?,40?/m0/s1. The summed E-state index contributed by atoms with van der Waals surface area (Å²) in [7, 11) is 7.47. The van der Waals surface area contributed by atoms with E-state index in [9.17, 15) is 20.3 Å². The fourth-order valence-corrected chi connectivity index (χ4v) is 7.25. The maximum atomic E-state index is 13.3. The van der Waals surface area contributed by atoms with Gasteiger partial charge in [-0.25, -0.2) is 0 Å². The highest BCUT2D eigenvalue weighted by molar-refractivity contribution is 6.05. The number of nitrogens with zero attached hydrogens (tertiary/aromatic N) is 4. The molecule has 2 aliphatic rings. The van der Waals surface area contributed by atoms with Gasteiger partial charge in [0.15, 0.2) is 0 Å². The summed E-state index contributed by atoms with van der Waals surface area (Å²) in [4.78, 5) is 31.7. The van der Waals surface area contributed by atoms with Crippen molar-refractivity contribution in [2.75, 3.05) is 46.6 Å². The summed E-state index contributed by atoms with van der Waals surface area (Å²) in [5, 5.41) is 26.4. The maximum absolute atomic E-state index is 13.3. The van der Waals surface area contributed by atoms with E-state index in [1.165, 1.54) is 0 Å². The molecule has 0 radical (unpaired) electrons. The Bertz CT molecular complexity index is 1720. The van der Waals surface area contributed by atoms with Gasteiger partial charge >= 0.3 is 0 Å². The first kappa shape index (κ1) is 35.4. The van der Waals surface area contributed by atoms with Crippen LogP contribution in [0.1, 0.15) is 69.9 Å². The van der Waals surface area contributed by atoms with Gasteiger partial charge in [0.1, 0.15) is 11.9 Å². The quantitative estimate of drug-likeness (QED) is 0.193. The Morgan fingerprint density at radius 2 is 1.61 bits per heavy atom. The van der Waals surface area contributed by atoms with E-state index >= 15 is 0 Å². The third-order valence-corrected chi connectivity index (χ3v) is 10.0. The molecule has 49 heavy (non-hydrogen) atoms. The van der Waals surface area contributed by atoms with Crippen molar-refractivity contribution >= 4 is 29.0 Å². The van der Waals surface area contributed by atoms with Gasteiger partial charge in [-0.2, -0.15) is 5.26 Å². The van der Waals surface area contributed by atoms with Gasteiger partial charge in [0, 0.05) is 57.7 Å². The molecule has 9 heteroatoms. The van der Waals surface area contributed by atoms with E-state index < -0.39 is 5.41 Å². The van der Waals surface area contributed by atoms with Crippen molar-refractivity contribution in [3.63, 3.8) is 0 Å². The van der Waals surface area contributed by atoms with Crippen LogP contribution in [0.3, 0.4) is 0 Å². The van der Waals surface area contributed by atoms with Crippen LogP contribution in [0.2, 0.25) is 0 Å². The molecule has 3 aromatic rings. The zero-order chi connectivity index (χ0) is 35.5. The van der Waals surface area contributed by atoms with Gasteiger partial charge in [-0.05, 0) is 104 Å². The third-order valence-electron chi connectivity index (χ3n) is 10.0. The van der Waals surface area contributed by atoms with Crippen molar-refractivity contribution in [3.05, 3.63) is 106 Å². The number of aryl methyl sites for hydroxylation is 3. The van der Waals surface area contributed by atoms with Gasteiger partial charge in [0.25, 0.3) is 5.91 Å². The minimum absolute atomic E-state index is 0.0706. The molecule has 256 valence electrons. The van der Waals surface area contributed by atoms with Crippen LogP contribution in [-0.4, -0.2) is 85.7 Å². The van der Waals surface area contributed by atoms with Crippen LogP contribution in [0, 0.1) is 23.7 Å². The Hall–Kier alpha value is -4.94. The number of nitriles is 1. The van der Waals surface area contributed by atoms with Gasteiger partial charge in [-0.1, -0.05) is 42.5 Å². The average Bonchev–Trinajstić information content (AvgIpc) is 3.53. The van der Waals surface area contributed by atoms with Crippen LogP contribution in [0.25, 0.3) is 5.70 Å². The SMILES string of the molecule is C=C(c1ccc2c(c1)CCc1cc(C(=O)N(C)C)ccc1C2(C[C@H](C)NCC(=O)N1CCCC1C#N)C(=N)Nc1ccc(C)cc1)N(C)C. The number of rotatable bonds is 10. The number of fused-ring (bicyclic) bond motifs is 2. The lowest BCUT2D eigenvalue weighted by atomic mass is 9.67. The van der Waals surface area contributed by atoms with Crippen molar-refractivity contribution in [1.29, 1.82) is 10.7 Å². The van der Waals surface area contributed by atoms with Crippen LogP contribution >= 0.6 is 0 Å². The molecule has 1 saturated heterocycles. The Morgan fingerprint density at radius 3 is 2.20 bits per heavy atom. The zero-order valence-electron chi connectivity index (χ0n) is 29.7. The predicted molar refractivity (Wildman–Crippen MR) is 197 cm³/mol. The first-order valence-corrected chi connectivity index (χ1v) is 17.1. The van der Waals surface area contributed by atoms with E-state index in [0.29, 0.717) is 37.2 Å². The van der Waals surface area contributed by atoms with Crippen molar-refractivity contribution in [3.8, 4) is 6.07 Å². The van der Waals surface area contributed by atoms with E-state index in [0.717, 1.165) is 57.6 Å². The Morgan fingerprint density at radius 1 is 1.00 bits per heavy atom. The fraction of sp³-hybridized carbons (Fsp3) is 0.400. The highest BCUT2D eigenvalue weighted by Gasteiger charge is 2.45. The van der Waals surface area contributed by atoms with Crippen LogP contribution in [0.4, 0.5) is 5.69 Å². The number of benzene rings is 3. The normalized spacial score (nSPS) is 18.7. The first-order valence-electron chi connectivity index (χ1n) is 17.1. The third kappa shape index (κ3) is 7.25. The lowest BCUT2D eigenvalue weighted by molar-refractivity contribution is -0.130. The summed E-state index contributed by atoms with van der Waals surface area (Å²) >= 11 is 0. The summed E-state index contributed by atoms with van der Waals surface area (Å²) in [5.74, 6) is 0.160. The number of carbonyl (C=O) groups excluding carboxylic acids is 2. The lowest BCUT2D eigenvalue weighted by Crippen LogP contribution is -2.48. The number of likely N-dealkylation sites (tertiary alicyclic amines) is 1. The molecular weight excluding hydrogens is 610 g/mol. The zero-order valence-corrected chi connectivity index (χ0v) is 29.7. The van der Waals surface area contributed by atoms with E-state index in [1.54, 1.807) is 23.9 Å². The summed E-state index contributed by atoms with van der Waals surface area (Å²) in [5.41, 5.74) is 7.62. The van der Waals surface area contributed by atoms with Gasteiger partial charge in [0.05, 0.1) is 18.0 Å². The summed E-state index contributed by atoms with van der Waals surface area (Å²) in [6.45, 7) is 9.10. The molecule has 0 bridgehead atoms. The topological polar surface area (TPSA) is 116 Å². The highest BCUT2D eigenvalue weighted by Crippen LogP contribution is 2.45. The van der Waals surface area contributed by atoms with E-state index in [2.05, 4.69) is 48.4 Å². The van der Waals surface area contributed by atoms with Crippen LogP contribution in [0.15, 0.2) is 67.2 Å². The van der Waals surface area contributed by atoms with Crippen molar-refractivity contribution in [2.45, 2.75) is 63.5 Å². The second-order valence-electron chi connectivity index (χ2n) is 13.9. The average molecular weight is 660 g/mol. The smallest absolute Gasteiger partial charge is 0.253 e. The predicted octanol–water partition coefficient (Wildman–Crippen LogP) is 5.59. The number of amidine groups is 1. The molecule has 1 aliphatic carbocycles. The second kappa shape index (κ2) is 14.7. The van der Waals surface area contributed by atoms with Crippen molar-refractivity contribution in [2.24, 2.45) is 0 Å². The Labute approximate surface area is 291 Å². The summed E-state index contributed by atoms with van der Waals surface area (Å²) < 4.78 is 0. The maximum Gasteiger partial charge on any atom is 0.253 e. The molecule has 0 saturated carbocycles. The number of hydrogen-bond donors (Lipinski definition) is 3. The molecule has 1 fully saturated rings. The van der Waals surface area contributed by atoms with Crippen molar-refractivity contribution in [1.82, 2.24) is 20.0 Å².